The molecular formula is C13H26N2O3. The number of rotatable bonds is 2. The van der Waals surface area contributed by atoms with Crippen LogP contribution in [0.15, 0.2) is 0 Å². The summed E-state index contributed by atoms with van der Waals surface area (Å²) in [4.78, 5) is 14.2. The second-order valence-corrected chi connectivity index (χ2v) is 5.22. The number of amides is 1. The second-order valence-electron chi connectivity index (χ2n) is 5.22. The van der Waals surface area contributed by atoms with Gasteiger partial charge in [0.05, 0.1) is 13.7 Å². The van der Waals surface area contributed by atoms with Crippen molar-refractivity contribution >= 4 is 6.09 Å². The lowest BCUT2D eigenvalue weighted by Crippen LogP contribution is -2.42. The molecule has 0 saturated carbocycles. The lowest BCUT2D eigenvalue weighted by atomic mass is 9.95. The van der Waals surface area contributed by atoms with E-state index in [1.54, 1.807) is 14.1 Å². The Morgan fingerprint density at radius 3 is 2.11 bits per heavy atom. The highest BCUT2D eigenvalue weighted by Gasteiger charge is 2.43. The molecule has 0 radical (unpaired) electrons. The summed E-state index contributed by atoms with van der Waals surface area (Å²) in [7, 11) is 6.43. The number of hydrogen-bond donors (Lipinski definition) is 0. The van der Waals surface area contributed by atoms with Crippen LogP contribution in [0.2, 0.25) is 0 Å². The average Bonchev–Trinajstić information content (AvgIpc) is 2.88. The summed E-state index contributed by atoms with van der Waals surface area (Å²) in [6.45, 7) is 3.57. The van der Waals surface area contributed by atoms with Crippen LogP contribution in [-0.4, -0.2) is 69.4 Å². The maximum Gasteiger partial charge on any atom is 0.408 e. The number of methoxy groups -OCH3 is 2. The van der Waals surface area contributed by atoms with Gasteiger partial charge in [-0.2, -0.15) is 0 Å². The molecule has 18 heavy (non-hydrogen) atoms. The Kier molecular flexibility index (Phi) is 5.88. The zero-order chi connectivity index (χ0) is 13.6. The minimum atomic E-state index is -0.319. The summed E-state index contributed by atoms with van der Waals surface area (Å²) >= 11 is 0. The molecule has 2 aliphatic rings. The van der Waals surface area contributed by atoms with E-state index >= 15 is 0 Å². The van der Waals surface area contributed by atoms with Crippen LogP contribution < -0.4 is 0 Å². The summed E-state index contributed by atoms with van der Waals surface area (Å²) in [6, 6.07) is 0. The van der Waals surface area contributed by atoms with Crippen molar-refractivity contribution in [1.82, 2.24) is 9.80 Å². The normalized spacial score (nSPS) is 20.9. The van der Waals surface area contributed by atoms with Gasteiger partial charge in [0.25, 0.3) is 0 Å². The molecule has 0 spiro atoms. The van der Waals surface area contributed by atoms with Gasteiger partial charge in [0.2, 0.25) is 0 Å². The highest BCUT2D eigenvalue weighted by atomic mass is 16.5. The van der Waals surface area contributed by atoms with Gasteiger partial charge in [0.1, 0.15) is 0 Å². The molecule has 0 N–H and O–H groups in total. The van der Waals surface area contributed by atoms with E-state index in [2.05, 4.69) is 9.64 Å². The first-order chi connectivity index (χ1) is 8.55. The third-order valence-corrected chi connectivity index (χ3v) is 3.76. The zero-order valence-electron chi connectivity index (χ0n) is 12.1. The van der Waals surface area contributed by atoms with Gasteiger partial charge < -0.3 is 14.4 Å². The zero-order valence-corrected chi connectivity index (χ0v) is 12.1. The van der Waals surface area contributed by atoms with E-state index < -0.39 is 0 Å². The number of carbonyl (C=O) groups excluding carboxylic acids is 1. The van der Waals surface area contributed by atoms with Gasteiger partial charge in [-0.05, 0) is 38.8 Å². The maximum absolute atomic E-state index is 10.2. The van der Waals surface area contributed by atoms with Crippen LogP contribution in [0.3, 0.4) is 0 Å². The van der Waals surface area contributed by atoms with Crippen molar-refractivity contribution in [3.63, 3.8) is 0 Å². The highest BCUT2D eigenvalue weighted by molar-refractivity contribution is 5.66. The Morgan fingerprint density at radius 1 is 1.22 bits per heavy atom. The number of hydrogen-bond acceptors (Lipinski definition) is 4. The van der Waals surface area contributed by atoms with E-state index in [9.17, 15) is 4.79 Å². The van der Waals surface area contributed by atoms with Crippen molar-refractivity contribution in [2.24, 2.45) is 0 Å². The molecule has 0 aromatic carbocycles. The molecule has 0 aromatic heterocycles. The van der Waals surface area contributed by atoms with E-state index in [1.807, 2.05) is 7.11 Å². The molecule has 2 fully saturated rings. The maximum atomic E-state index is 10.2. The monoisotopic (exact) mass is 258 g/mol. The van der Waals surface area contributed by atoms with Crippen LogP contribution in [0.4, 0.5) is 4.79 Å². The van der Waals surface area contributed by atoms with Gasteiger partial charge in [0.15, 0.2) is 0 Å². The van der Waals surface area contributed by atoms with Gasteiger partial charge in [0, 0.05) is 26.7 Å². The number of ether oxygens (including phenoxy) is 2. The minimum Gasteiger partial charge on any atom is -0.453 e. The molecule has 1 amide bonds. The first-order valence-electron chi connectivity index (χ1n) is 6.55. The fraction of sp³-hybridized carbons (Fsp3) is 0.923. The lowest BCUT2D eigenvalue weighted by Gasteiger charge is -2.30. The fourth-order valence-electron chi connectivity index (χ4n) is 2.91. The first-order valence-corrected chi connectivity index (χ1v) is 6.55. The lowest BCUT2D eigenvalue weighted by molar-refractivity contribution is 0.0655. The molecule has 5 nitrogen and oxygen atoms in total. The molecule has 2 aliphatic heterocycles. The Morgan fingerprint density at radius 2 is 1.78 bits per heavy atom. The van der Waals surface area contributed by atoms with Crippen molar-refractivity contribution in [3.8, 4) is 0 Å². The van der Waals surface area contributed by atoms with E-state index in [1.165, 1.54) is 50.8 Å². The quantitative estimate of drug-likeness (QED) is 0.754. The van der Waals surface area contributed by atoms with E-state index in [-0.39, 0.29) is 6.09 Å². The Bertz CT molecular complexity index is 259. The predicted molar refractivity (Wildman–Crippen MR) is 70.7 cm³/mol. The molecule has 2 heterocycles. The Hall–Kier alpha value is -0.810. The van der Waals surface area contributed by atoms with Gasteiger partial charge >= 0.3 is 6.09 Å². The molecule has 2 saturated heterocycles. The third kappa shape index (κ3) is 3.59. The van der Waals surface area contributed by atoms with Crippen LogP contribution in [0.1, 0.15) is 25.7 Å². The summed E-state index contributed by atoms with van der Waals surface area (Å²) in [5.41, 5.74) is 0.467. The van der Waals surface area contributed by atoms with Crippen molar-refractivity contribution in [2.45, 2.75) is 31.2 Å². The minimum absolute atomic E-state index is 0.319. The highest BCUT2D eigenvalue weighted by Crippen LogP contribution is 2.38. The van der Waals surface area contributed by atoms with Gasteiger partial charge in [-0.3, -0.25) is 4.90 Å². The summed E-state index contributed by atoms with van der Waals surface area (Å²) in [5.74, 6) is 0. The molecule has 0 bridgehead atoms. The van der Waals surface area contributed by atoms with Crippen LogP contribution in [0, 0.1) is 0 Å². The molecule has 0 atom stereocenters. The fourth-order valence-corrected chi connectivity index (χ4v) is 2.91. The largest absolute Gasteiger partial charge is 0.453 e. The van der Waals surface area contributed by atoms with Crippen molar-refractivity contribution < 1.29 is 14.3 Å². The standard InChI is InChI=1S/C9H17NO.C4H9NO2/c1-11-8-9-4-2-6-10(9)7-3-5-9;1-5(2)4(6)7-3/h2-8H2,1H3;1-3H3. The van der Waals surface area contributed by atoms with Crippen LogP contribution in [-0.2, 0) is 9.47 Å². The predicted octanol–water partition coefficient (Wildman–Crippen LogP) is 1.58. The number of fused-ring (bicyclic) bond motifs is 1. The SMILES string of the molecule is COC(=O)N(C)C.COCC12CCCN1CCC2. The smallest absolute Gasteiger partial charge is 0.408 e. The van der Waals surface area contributed by atoms with E-state index in [0.29, 0.717) is 5.54 Å². The van der Waals surface area contributed by atoms with Gasteiger partial charge in [-0.1, -0.05) is 0 Å². The van der Waals surface area contributed by atoms with Crippen LogP contribution in [0.5, 0.6) is 0 Å². The summed E-state index contributed by atoms with van der Waals surface area (Å²) in [6.07, 6.45) is 5.16. The molecular weight excluding hydrogens is 232 g/mol. The van der Waals surface area contributed by atoms with Crippen LogP contribution >= 0.6 is 0 Å². The molecule has 5 heteroatoms. The Balaban J connectivity index is 0.000000203. The Labute approximate surface area is 110 Å². The third-order valence-electron chi connectivity index (χ3n) is 3.76. The second kappa shape index (κ2) is 6.95. The van der Waals surface area contributed by atoms with Gasteiger partial charge in [-0.15, -0.1) is 0 Å². The molecule has 0 aliphatic carbocycles. The number of carbonyl (C=O) groups is 1. The van der Waals surface area contributed by atoms with E-state index in [0.717, 1.165) is 6.61 Å². The summed E-state index contributed by atoms with van der Waals surface area (Å²) < 4.78 is 9.59. The van der Waals surface area contributed by atoms with Crippen LogP contribution in [0.25, 0.3) is 0 Å². The average molecular weight is 258 g/mol. The first kappa shape index (κ1) is 15.2. The number of nitrogens with zero attached hydrogens (tertiary/aromatic N) is 2. The van der Waals surface area contributed by atoms with Crippen molar-refractivity contribution in [1.29, 1.82) is 0 Å². The molecule has 106 valence electrons. The van der Waals surface area contributed by atoms with Crippen molar-refractivity contribution in [3.05, 3.63) is 0 Å². The molecule has 0 unspecified atom stereocenters. The van der Waals surface area contributed by atoms with E-state index in [4.69, 9.17) is 4.74 Å². The summed E-state index contributed by atoms with van der Waals surface area (Å²) in [5, 5.41) is 0. The molecule has 0 aromatic rings. The van der Waals surface area contributed by atoms with Gasteiger partial charge in [-0.25, -0.2) is 4.79 Å². The van der Waals surface area contributed by atoms with Crippen molar-refractivity contribution in [2.75, 3.05) is 48.0 Å². The molecule has 2 rings (SSSR count). The topological polar surface area (TPSA) is 42.0 Å².